The second-order valence-corrected chi connectivity index (χ2v) is 5.26. The van der Waals surface area contributed by atoms with E-state index in [4.69, 9.17) is 0 Å². The molecule has 0 radical (unpaired) electrons. The first-order valence-corrected chi connectivity index (χ1v) is 5.88. The van der Waals surface area contributed by atoms with Crippen molar-refractivity contribution in [2.75, 3.05) is 27.2 Å². The normalized spacial score (nSPS) is 24.1. The summed E-state index contributed by atoms with van der Waals surface area (Å²) in [6.07, 6.45) is 2.20. The van der Waals surface area contributed by atoms with Crippen LogP contribution in [0.1, 0.15) is 12.8 Å². The van der Waals surface area contributed by atoms with Crippen LogP contribution < -0.4 is 10.0 Å². The Kier molecular flexibility index (Phi) is 3.66. The van der Waals surface area contributed by atoms with Gasteiger partial charge in [0.15, 0.2) is 0 Å². The third-order valence-electron chi connectivity index (χ3n) is 2.31. The van der Waals surface area contributed by atoms with Gasteiger partial charge in [-0.25, -0.2) is 4.72 Å². The van der Waals surface area contributed by atoms with E-state index in [2.05, 4.69) is 10.0 Å². The number of nitrogens with zero attached hydrogens (tertiary/aromatic N) is 1. The topological polar surface area (TPSA) is 61.4 Å². The molecule has 1 unspecified atom stereocenters. The molecule has 1 heterocycles. The molecule has 0 saturated carbocycles. The fourth-order valence-corrected chi connectivity index (χ4v) is 2.16. The van der Waals surface area contributed by atoms with Crippen molar-refractivity contribution in [2.45, 2.75) is 18.9 Å². The summed E-state index contributed by atoms with van der Waals surface area (Å²) in [6, 6.07) is 0.313. The zero-order valence-electron chi connectivity index (χ0n) is 8.08. The summed E-state index contributed by atoms with van der Waals surface area (Å²) in [5.74, 6) is 0. The van der Waals surface area contributed by atoms with E-state index in [-0.39, 0.29) is 0 Å². The highest BCUT2D eigenvalue weighted by molar-refractivity contribution is 7.87. The number of rotatable bonds is 4. The Morgan fingerprint density at radius 3 is 2.77 bits per heavy atom. The zero-order valence-corrected chi connectivity index (χ0v) is 8.89. The lowest BCUT2D eigenvalue weighted by Crippen LogP contribution is -2.42. The van der Waals surface area contributed by atoms with Crippen molar-refractivity contribution in [3.8, 4) is 0 Å². The van der Waals surface area contributed by atoms with Crippen LogP contribution in [0.3, 0.4) is 0 Å². The summed E-state index contributed by atoms with van der Waals surface area (Å²) in [7, 11) is -0.229. The predicted molar refractivity (Wildman–Crippen MR) is 51.6 cm³/mol. The van der Waals surface area contributed by atoms with Gasteiger partial charge in [-0.2, -0.15) is 12.7 Å². The van der Waals surface area contributed by atoms with Gasteiger partial charge in [-0.1, -0.05) is 0 Å². The minimum absolute atomic E-state index is 0.313. The molecule has 13 heavy (non-hydrogen) atoms. The molecule has 78 valence electrons. The Bertz CT molecular complexity index is 246. The van der Waals surface area contributed by atoms with E-state index >= 15 is 0 Å². The summed E-state index contributed by atoms with van der Waals surface area (Å²) in [6.45, 7) is 1.54. The fourth-order valence-electron chi connectivity index (χ4n) is 1.48. The highest BCUT2D eigenvalue weighted by atomic mass is 32.2. The van der Waals surface area contributed by atoms with Crippen LogP contribution in [0.15, 0.2) is 0 Å². The van der Waals surface area contributed by atoms with Crippen LogP contribution in [0.2, 0.25) is 0 Å². The van der Waals surface area contributed by atoms with E-state index in [1.54, 1.807) is 7.05 Å². The maximum absolute atomic E-state index is 11.3. The highest BCUT2D eigenvalue weighted by Crippen LogP contribution is 2.07. The van der Waals surface area contributed by atoms with Crippen LogP contribution in [0.25, 0.3) is 0 Å². The molecule has 2 N–H and O–H groups in total. The minimum atomic E-state index is -3.24. The van der Waals surface area contributed by atoms with Crippen LogP contribution in [-0.4, -0.2) is 45.9 Å². The van der Waals surface area contributed by atoms with Crippen LogP contribution in [0.4, 0.5) is 0 Å². The molecule has 0 aromatic heterocycles. The third-order valence-corrected chi connectivity index (χ3v) is 3.79. The Hall–Kier alpha value is -0.170. The quantitative estimate of drug-likeness (QED) is 0.630. The first-order chi connectivity index (χ1) is 6.06. The fraction of sp³-hybridized carbons (Fsp3) is 1.00. The van der Waals surface area contributed by atoms with Crippen LogP contribution in [0, 0.1) is 0 Å². The van der Waals surface area contributed by atoms with E-state index in [0.29, 0.717) is 12.6 Å². The van der Waals surface area contributed by atoms with Crippen molar-refractivity contribution >= 4 is 10.2 Å². The van der Waals surface area contributed by atoms with Crippen molar-refractivity contribution in [3.63, 3.8) is 0 Å². The molecule has 0 spiro atoms. The molecule has 0 amide bonds. The lowest BCUT2D eigenvalue weighted by Gasteiger charge is -2.19. The number of hydrogen-bond acceptors (Lipinski definition) is 3. The van der Waals surface area contributed by atoms with Gasteiger partial charge < -0.3 is 5.32 Å². The SMILES string of the molecule is CNS(=O)(=O)N(C)CC1CCCN1. The molecule has 1 saturated heterocycles. The smallest absolute Gasteiger partial charge is 0.278 e. The zero-order chi connectivity index (χ0) is 9.90. The van der Waals surface area contributed by atoms with Crippen molar-refractivity contribution in [1.82, 2.24) is 14.3 Å². The average Bonchev–Trinajstić information content (AvgIpc) is 2.57. The van der Waals surface area contributed by atoms with E-state index in [1.165, 1.54) is 11.4 Å². The standard InChI is InChI=1S/C7H17N3O2S/c1-8-13(11,12)10(2)6-7-4-3-5-9-7/h7-9H,3-6H2,1-2H3. The number of likely N-dealkylation sites (N-methyl/N-ethyl adjacent to an activating group) is 1. The second-order valence-electron chi connectivity index (χ2n) is 3.28. The Balaban J connectivity index is 2.44. The van der Waals surface area contributed by atoms with E-state index < -0.39 is 10.2 Å². The molecule has 0 aromatic rings. The van der Waals surface area contributed by atoms with Crippen LogP contribution >= 0.6 is 0 Å². The Morgan fingerprint density at radius 1 is 1.62 bits per heavy atom. The summed E-state index contributed by atoms with van der Waals surface area (Å²) < 4.78 is 26.2. The van der Waals surface area contributed by atoms with Gasteiger partial charge in [-0.05, 0) is 19.4 Å². The molecule has 0 aromatic carbocycles. The number of hydrogen-bond donors (Lipinski definition) is 2. The monoisotopic (exact) mass is 207 g/mol. The minimum Gasteiger partial charge on any atom is -0.313 e. The van der Waals surface area contributed by atoms with E-state index in [1.807, 2.05) is 0 Å². The summed E-state index contributed by atoms with van der Waals surface area (Å²) in [4.78, 5) is 0. The highest BCUT2D eigenvalue weighted by Gasteiger charge is 2.21. The molecule has 0 bridgehead atoms. The Morgan fingerprint density at radius 2 is 2.31 bits per heavy atom. The maximum atomic E-state index is 11.3. The summed E-state index contributed by atoms with van der Waals surface area (Å²) in [5, 5.41) is 3.25. The molecule has 5 nitrogen and oxygen atoms in total. The molecule has 1 atom stereocenters. The molecule has 6 heteroatoms. The van der Waals surface area contributed by atoms with Crippen LogP contribution in [0.5, 0.6) is 0 Å². The number of nitrogens with one attached hydrogen (secondary N) is 2. The molecule has 1 aliphatic heterocycles. The van der Waals surface area contributed by atoms with Crippen LogP contribution in [-0.2, 0) is 10.2 Å². The van der Waals surface area contributed by atoms with E-state index in [0.717, 1.165) is 19.4 Å². The summed E-state index contributed by atoms with van der Waals surface area (Å²) in [5.41, 5.74) is 0. The van der Waals surface area contributed by atoms with Gasteiger partial charge in [0, 0.05) is 26.7 Å². The van der Waals surface area contributed by atoms with Gasteiger partial charge in [-0.15, -0.1) is 0 Å². The Labute approximate surface area is 79.7 Å². The predicted octanol–water partition coefficient (Wildman–Crippen LogP) is -0.866. The van der Waals surface area contributed by atoms with Gasteiger partial charge in [0.05, 0.1) is 0 Å². The third kappa shape index (κ3) is 2.91. The molecular weight excluding hydrogens is 190 g/mol. The first-order valence-electron chi connectivity index (χ1n) is 4.44. The van der Waals surface area contributed by atoms with Crippen molar-refractivity contribution in [3.05, 3.63) is 0 Å². The van der Waals surface area contributed by atoms with Crippen molar-refractivity contribution in [1.29, 1.82) is 0 Å². The summed E-state index contributed by atoms with van der Waals surface area (Å²) >= 11 is 0. The van der Waals surface area contributed by atoms with Gasteiger partial charge >= 0.3 is 0 Å². The lowest BCUT2D eigenvalue weighted by molar-refractivity contribution is 0.413. The molecule has 1 aliphatic rings. The van der Waals surface area contributed by atoms with E-state index in [9.17, 15) is 8.42 Å². The average molecular weight is 207 g/mol. The van der Waals surface area contributed by atoms with Crippen molar-refractivity contribution in [2.24, 2.45) is 0 Å². The van der Waals surface area contributed by atoms with Gasteiger partial charge in [0.2, 0.25) is 0 Å². The largest absolute Gasteiger partial charge is 0.313 e. The molecule has 1 fully saturated rings. The van der Waals surface area contributed by atoms with Crippen molar-refractivity contribution < 1.29 is 8.42 Å². The molecule has 1 rings (SSSR count). The molecule has 0 aliphatic carbocycles. The first kappa shape index (κ1) is 10.9. The maximum Gasteiger partial charge on any atom is 0.278 e. The van der Waals surface area contributed by atoms with Gasteiger partial charge in [0.25, 0.3) is 10.2 Å². The second kappa shape index (κ2) is 4.36. The molecular formula is C7H17N3O2S. The lowest BCUT2D eigenvalue weighted by atomic mass is 10.2. The van der Waals surface area contributed by atoms with Gasteiger partial charge in [0.1, 0.15) is 0 Å². The van der Waals surface area contributed by atoms with Gasteiger partial charge in [-0.3, -0.25) is 0 Å².